The van der Waals surface area contributed by atoms with Gasteiger partial charge in [-0.05, 0) is 6.92 Å². The number of anilines is 1. The first-order valence-electron chi connectivity index (χ1n) is 4.60. The van der Waals surface area contributed by atoms with Crippen molar-refractivity contribution in [3.63, 3.8) is 0 Å². The number of carbonyl (C=O) groups is 2. The Hall–Kier alpha value is -1.65. The lowest BCUT2D eigenvalue weighted by atomic mass is 9.90. The zero-order valence-electron chi connectivity index (χ0n) is 9.25. The smallest absolute Gasteiger partial charge is 0.293 e. The van der Waals surface area contributed by atoms with Crippen molar-refractivity contribution in [2.45, 2.75) is 27.7 Å². The molecule has 0 atom stereocenters. The van der Waals surface area contributed by atoms with E-state index in [1.807, 2.05) is 0 Å². The minimum absolute atomic E-state index is 0.259. The molecule has 0 unspecified atom stereocenters. The van der Waals surface area contributed by atoms with Crippen molar-refractivity contribution in [3.8, 4) is 0 Å². The highest BCUT2D eigenvalue weighted by Crippen LogP contribution is 2.16. The SMILES string of the molecule is Cc1cc(NC(=O)C(=O)C(C)(C)C)no1. The first kappa shape index (κ1) is 11.4. The van der Waals surface area contributed by atoms with E-state index in [9.17, 15) is 9.59 Å². The lowest BCUT2D eigenvalue weighted by Gasteiger charge is -2.14. The van der Waals surface area contributed by atoms with Crippen LogP contribution in [0.2, 0.25) is 0 Å². The molecule has 1 N–H and O–H groups in total. The van der Waals surface area contributed by atoms with Crippen LogP contribution in [0.15, 0.2) is 10.6 Å². The average molecular weight is 210 g/mol. The molecule has 1 amide bonds. The molecule has 1 heterocycles. The molecule has 0 fully saturated rings. The normalized spacial score (nSPS) is 11.2. The Bertz CT molecular complexity index is 388. The summed E-state index contributed by atoms with van der Waals surface area (Å²) in [7, 11) is 0. The Morgan fingerprint density at radius 1 is 1.40 bits per heavy atom. The first-order chi connectivity index (χ1) is 6.80. The minimum atomic E-state index is -0.692. The molecule has 1 aromatic heterocycles. The highest BCUT2D eigenvalue weighted by Gasteiger charge is 2.28. The average Bonchev–Trinajstić information content (AvgIpc) is 2.48. The number of nitrogens with one attached hydrogen (secondary N) is 1. The molecule has 0 aliphatic carbocycles. The molecule has 0 aromatic carbocycles. The van der Waals surface area contributed by atoms with Gasteiger partial charge in [0, 0.05) is 11.5 Å². The van der Waals surface area contributed by atoms with Gasteiger partial charge in [0.25, 0.3) is 5.91 Å². The molecule has 0 aliphatic heterocycles. The van der Waals surface area contributed by atoms with Gasteiger partial charge in [0.15, 0.2) is 5.82 Å². The van der Waals surface area contributed by atoms with Crippen molar-refractivity contribution in [2.24, 2.45) is 5.41 Å². The quantitative estimate of drug-likeness (QED) is 0.751. The maximum absolute atomic E-state index is 11.5. The van der Waals surface area contributed by atoms with Crippen LogP contribution < -0.4 is 5.32 Å². The number of carbonyl (C=O) groups excluding carboxylic acids is 2. The van der Waals surface area contributed by atoms with Crippen LogP contribution in [0.5, 0.6) is 0 Å². The Kier molecular flexibility index (Phi) is 2.93. The summed E-state index contributed by atoms with van der Waals surface area (Å²) in [5.74, 6) is -0.317. The van der Waals surface area contributed by atoms with E-state index in [-0.39, 0.29) is 5.82 Å². The standard InChI is InChI=1S/C10H14N2O3/c1-6-5-7(12-15-6)11-9(14)8(13)10(2,3)4/h5H,1-4H3,(H,11,12,14). The van der Waals surface area contributed by atoms with Crippen LogP contribution in [-0.4, -0.2) is 16.8 Å². The van der Waals surface area contributed by atoms with Crippen LogP contribution in [0.4, 0.5) is 5.82 Å². The highest BCUT2D eigenvalue weighted by molar-refractivity contribution is 6.42. The van der Waals surface area contributed by atoms with Crippen LogP contribution in [0.3, 0.4) is 0 Å². The number of rotatable bonds is 2. The fourth-order valence-electron chi connectivity index (χ4n) is 0.939. The monoisotopic (exact) mass is 210 g/mol. The summed E-state index contributed by atoms with van der Waals surface area (Å²) in [6.07, 6.45) is 0. The van der Waals surface area contributed by atoms with Crippen molar-refractivity contribution < 1.29 is 14.1 Å². The summed E-state index contributed by atoms with van der Waals surface area (Å²) in [4.78, 5) is 22.9. The van der Waals surface area contributed by atoms with E-state index in [0.29, 0.717) is 5.76 Å². The lowest BCUT2D eigenvalue weighted by molar-refractivity contribution is -0.139. The zero-order chi connectivity index (χ0) is 11.6. The molecule has 15 heavy (non-hydrogen) atoms. The molecule has 82 valence electrons. The molecule has 0 bridgehead atoms. The largest absolute Gasteiger partial charge is 0.360 e. The van der Waals surface area contributed by atoms with Crippen molar-refractivity contribution in [1.29, 1.82) is 0 Å². The van der Waals surface area contributed by atoms with Crippen molar-refractivity contribution in [3.05, 3.63) is 11.8 Å². The number of nitrogens with zero attached hydrogens (tertiary/aromatic N) is 1. The van der Waals surface area contributed by atoms with Gasteiger partial charge in [-0.25, -0.2) is 0 Å². The Morgan fingerprint density at radius 3 is 2.40 bits per heavy atom. The Morgan fingerprint density at radius 2 is 2.00 bits per heavy atom. The second-order valence-corrected chi connectivity index (χ2v) is 4.36. The third-order valence-electron chi connectivity index (χ3n) is 1.76. The van der Waals surface area contributed by atoms with E-state index in [4.69, 9.17) is 4.52 Å². The molecule has 5 heteroatoms. The van der Waals surface area contributed by atoms with Crippen molar-refractivity contribution in [1.82, 2.24) is 5.16 Å². The van der Waals surface area contributed by atoms with E-state index < -0.39 is 17.1 Å². The second-order valence-electron chi connectivity index (χ2n) is 4.36. The zero-order valence-corrected chi connectivity index (χ0v) is 9.25. The minimum Gasteiger partial charge on any atom is -0.360 e. The van der Waals surface area contributed by atoms with E-state index >= 15 is 0 Å². The van der Waals surface area contributed by atoms with Gasteiger partial charge < -0.3 is 9.84 Å². The van der Waals surface area contributed by atoms with Gasteiger partial charge in [0.1, 0.15) is 5.76 Å². The Labute approximate surface area is 87.8 Å². The van der Waals surface area contributed by atoms with Crippen molar-refractivity contribution >= 4 is 17.5 Å². The highest BCUT2D eigenvalue weighted by atomic mass is 16.5. The molecule has 1 rings (SSSR count). The van der Waals surface area contributed by atoms with Gasteiger partial charge in [-0.2, -0.15) is 0 Å². The third-order valence-corrected chi connectivity index (χ3v) is 1.76. The van der Waals surface area contributed by atoms with Crippen molar-refractivity contribution in [2.75, 3.05) is 5.32 Å². The topological polar surface area (TPSA) is 72.2 Å². The maximum Gasteiger partial charge on any atom is 0.293 e. The number of hydrogen-bond donors (Lipinski definition) is 1. The van der Waals surface area contributed by atoms with E-state index in [0.717, 1.165) is 0 Å². The fraction of sp³-hybridized carbons (Fsp3) is 0.500. The van der Waals surface area contributed by atoms with Crippen LogP contribution in [-0.2, 0) is 9.59 Å². The van der Waals surface area contributed by atoms with E-state index in [1.54, 1.807) is 33.8 Å². The van der Waals surface area contributed by atoms with Crippen LogP contribution in [0, 0.1) is 12.3 Å². The summed E-state index contributed by atoms with van der Waals surface area (Å²) in [5.41, 5.74) is -0.692. The first-order valence-corrected chi connectivity index (χ1v) is 4.60. The fourth-order valence-corrected chi connectivity index (χ4v) is 0.939. The summed E-state index contributed by atoms with van der Waals surface area (Å²) in [5, 5.41) is 5.94. The molecule has 0 spiro atoms. The second kappa shape index (κ2) is 3.84. The van der Waals surface area contributed by atoms with Crippen LogP contribution >= 0.6 is 0 Å². The molecule has 5 nitrogen and oxygen atoms in total. The van der Waals surface area contributed by atoms with E-state index in [1.165, 1.54) is 0 Å². The summed E-state index contributed by atoms with van der Waals surface area (Å²) >= 11 is 0. The van der Waals surface area contributed by atoms with Gasteiger partial charge in [0.2, 0.25) is 5.78 Å². The number of amides is 1. The van der Waals surface area contributed by atoms with Crippen LogP contribution in [0.1, 0.15) is 26.5 Å². The molecular formula is C10H14N2O3. The maximum atomic E-state index is 11.5. The predicted molar refractivity (Wildman–Crippen MR) is 54.3 cm³/mol. The predicted octanol–water partition coefficient (Wildman–Crippen LogP) is 1.54. The van der Waals surface area contributed by atoms with Gasteiger partial charge >= 0.3 is 0 Å². The van der Waals surface area contributed by atoms with Gasteiger partial charge in [0.05, 0.1) is 0 Å². The van der Waals surface area contributed by atoms with Crippen LogP contribution in [0.25, 0.3) is 0 Å². The van der Waals surface area contributed by atoms with Gasteiger partial charge in [-0.1, -0.05) is 25.9 Å². The number of Topliss-reactive ketones (excluding diaryl/α,β-unsaturated/α-hetero) is 1. The Balaban J connectivity index is 2.68. The molecular weight excluding hydrogens is 196 g/mol. The molecule has 0 aliphatic rings. The summed E-state index contributed by atoms with van der Waals surface area (Å²) in [6.45, 7) is 6.75. The van der Waals surface area contributed by atoms with E-state index in [2.05, 4.69) is 10.5 Å². The number of aryl methyl sites for hydroxylation is 1. The molecule has 1 aromatic rings. The number of hydrogen-bond acceptors (Lipinski definition) is 4. The third kappa shape index (κ3) is 2.90. The van der Waals surface area contributed by atoms with Gasteiger partial charge in [-0.15, -0.1) is 0 Å². The molecule has 0 saturated carbocycles. The summed E-state index contributed by atoms with van der Waals surface area (Å²) in [6, 6.07) is 1.55. The summed E-state index contributed by atoms with van der Waals surface area (Å²) < 4.78 is 4.75. The number of aromatic nitrogens is 1. The van der Waals surface area contributed by atoms with Gasteiger partial charge in [-0.3, -0.25) is 9.59 Å². The molecule has 0 saturated heterocycles. The lowest BCUT2D eigenvalue weighted by Crippen LogP contribution is -2.33. The molecule has 0 radical (unpaired) electrons. The number of ketones is 1.